The third-order valence-corrected chi connectivity index (χ3v) is 4.62. The maximum Gasteiger partial charge on any atom is 0.416 e. The number of halogens is 3. The van der Waals surface area contributed by atoms with Crippen molar-refractivity contribution in [2.75, 3.05) is 6.54 Å². The molecule has 1 aromatic heterocycles. The number of aryl methyl sites for hydroxylation is 1. The van der Waals surface area contributed by atoms with Crippen molar-refractivity contribution in [1.29, 1.82) is 0 Å². The van der Waals surface area contributed by atoms with E-state index >= 15 is 0 Å². The van der Waals surface area contributed by atoms with Crippen LogP contribution in [-0.4, -0.2) is 27.8 Å². The number of amides is 1. The Bertz CT molecular complexity index is 1210. The number of rotatable bonds is 4. The highest BCUT2D eigenvalue weighted by atomic mass is 19.4. The average Bonchev–Trinajstić information content (AvgIpc) is 2.67. The van der Waals surface area contributed by atoms with Gasteiger partial charge in [0.25, 0.3) is 5.56 Å². The molecule has 0 spiro atoms. The highest BCUT2D eigenvalue weighted by Crippen LogP contribution is 2.30. The molecule has 3 rings (SSSR count). The standard InChI is InChI=1S/C23H24F3N3O3/c1-14-7-5-10-17-19(14)28-18(11-12-27-21(31)32-22(2,3)4)29(20(17)30)16-9-6-8-15(13-16)23(24,25)26/h5-10,13H,11-12H2,1-4H3,(H,27,31). The Morgan fingerprint density at radius 2 is 1.81 bits per heavy atom. The van der Waals surface area contributed by atoms with Gasteiger partial charge in [-0.15, -0.1) is 0 Å². The van der Waals surface area contributed by atoms with Gasteiger partial charge < -0.3 is 10.1 Å². The topological polar surface area (TPSA) is 73.2 Å². The molecule has 1 amide bonds. The van der Waals surface area contributed by atoms with Crippen LogP contribution in [0, 0.1) is 6.92 Å². The summed E-state index contributed by atoms with van der Waals surface area (Å²) in [6.07, 6.45) is -5.09. The summed E-state index contributed by atoms with van der Waals surface area (Å²) in [5.74, 6) is 0.229. The Kier molecular flexibility index (Phi) is 6.29. The minimum Gasteiger partial charge on any atom is -0.444 e. The Morgan fingerprint density at radius 1 is 1.12 bits per heavy atom. The van der Waals surface area contributed by atoms with Crippen molar-refractivity contribution in [3.8, 4) is 5.69 Å². The lowest BCUT2D eigenvalue weighted by molar-refractivity contribution is -0.137. The molecule has 0 saturated heterocycles. The van der Waals surface area contributed by atoms with Crippen molar-refractivity contribution < 1.29 is 22.7 Å². The average molecular weight is 447 g/mol. The number of alkyl carbamates (subject to hydrolysis) is 1. The van der Waals surface area contributed by atoms with Gasteiger partial charge in [0.15, 0.2) is 0 Å². The number of ether oxygens (including phenoxy) is 1. The summed E-state index contributed by atoms with van der Waals surface area (Å²) in [7, 11) is 0. The number of fused-ring (bicyclic) bond motifs is 1. The first-order valence-electron chi connectivity index (χ1n) is 10.0. The van der Waals surface area contributed by atoms with Gasteiger partial charge >= 0.3 is 12.3 Å². The lowest BCUT2D eigenvalue weighted by atomic mass is 10.1. The van der Waals surface area contributed by atoms with Gasteiger partial charge in [-0.05, 0) is 57.5 Å². The molecule has 0 aliphatic carbocycles. The minimum atomic E-state index is -4.56. The molecule has 0 fully saturated rings. The number of hydrogen-bond donors (Lipinski definition) is 1. The van der Waals surface area contributed by atoms with Crippen LogP contribution >= 0.6 is 0 Å². The number of benzene rings is 2. The molecule has 32 heavy (non-hydrogen) atoms. The molecule has 3 aromatic rings. The van der Waals surface area contributed by atoms with Crippen LogP contribution in [0.4, 0.5) is 18.0 Å². The van der Waals surface area contributed by atoms with Crippen molar-refractivity contribution in [2.24, 2.45) is 0 Å². The SMILES string of the molecule is Cc1cccc2c(=O)n(-c3cccc(C(F)(F)F)c3)c(CCNC(=O)OC(C)(C)C)nc12. The van der Waals surface area contributed by atoms with E-state index in [1.807, 2.05) is 0 Å². The number of aromatic nitrogens is 2. The summed E-state index contributed by atoms with van der Waals surface area (Å²) in [4.78, 5) is 29.8. The van der Waals surface area contributed by atoms with Gasteiger partial charge in [0.1, 0.15) is 11.4 Å². The summed E-state index contributed by atoms with van der Waals surface area (Å²) < 4.78 is 46.1. The van der Waals surface area contributed by atoms with Gasteiger partial charge in [0.05, 0.1) is 22.2 Å². The summed E-state index contributed by atoms with van der Waals surface area (Å²) in [5, 5.41) is 2.89. The maximum absolute atomic E-state index is 13.3. The Hall–Kier alpha value is -3.36. The van der Waals surface area contributed by atoms with E-state index < -0.39 is 29.0 Å². The smallest absolute Gasteiger partial charge is 0.416 e. The van der Waals surface area contributed by atoms with E-state index in [0.717, 1.165) is 22.3 Å². The first-order chi connectivity index (χ1) is 14.9. The second kappa shape index (κ2) is 8.64. The molecule has 0 atom stereocenters. The zero-order valence-corrected chi connectivity index (χ0v) is 18.2. The van der Waals surface area contributed by atoms with Crippen LogP contribution in [0.5, 0.6) is 0 Å². The van der Waals surface area contributed by atoms with E-state index in [1.165, 1.54) is 12.1 Å². The fourth-order valence-corrected chi connectivity index (χ4v) is 3.24. The van der Waals surface area contributed by atoms with E-state index in [2.05, 4.69) is 10.3 Å². The molecule has 0 saturated carbocycles. The molecule has 1 heterocycles. The molecule has 9 heteroatoms. The van der Waals surface area contributed by atoms with Crippen molar-refractivity contribution in [2.45, 2.75) is 45.9 Å². The van der Waals surface area contributed by atoms with E-state index in [4.69, 9.17) is 4.74 Å². The van der Waals surface area contributed by atoms with Crippen LogP contribution in [0.3, 0.4) is 0 Å². The van der Waals surface area contributed by atoms with Gasteiger partial charge in [-0.1, -0.05) is 18.2 Å². The van der Waals surface area contributed by atoms with Gasteiger partial charge in [0, 0.05) is 13.0 Å². The summed E-state index contributed by atoms with van der Waals surface area (Å²) >= 11 is 0. The Labute approximate surface area is 183 Å². The minimum absolute atomic E-state index is 0.0491. The third-order valence-electron chi connectivity index (χ3n) is 4.62. The normalized spacial score (nSPS) is 12.1. The predicted octanol–water partition coefficient (Wildman–Crippen LogP) is 4.78. The Morgan fingerprint density at radius 3 is 2.47 bits per heavy atom. The molecule has 0 unspecified atom stereocenters. The largest absolute Gasteiger partial charge is 0.444 e. The van der Waals surface area contributed by atoms with Crippen LogP contribution in [0.1, 0.15) is 37.7 Å². The second-order valence-electron chi connectivity index (χ2n) is 8.37. The van der Waals surface area contributed by atoms with Crippen molar-refractivity contribution in [3.63, 3.8) is 0 Å². The molecule has 1 N–H and O–H groups in total. The first kappa shape index (κ1) is 23.3. The molecule has 0 aliphatic rings. The predicted molar refractivity (Wildman–Crippen MR) is 115 cm³/mol. The van der Waals surface area contributed by atoms with E-state index in [9.17, 15) is 22.8 Å². The van der Waals surface area contributed by atoms with Gasteiger partial charge in [0.2, 0.25) is 0 Å². The zero-order valence-electron chi connectivity index (χ0n) is 18.2. The molecular formula is C23H24F3N3O3. The molecule has 170 valence electrons. The van der Waals surface area contributed by atoms with E-state index in [-0.39, 0.29) is 24.5 Å². The van der Waals surface area contributed by atoms with Crippen molar-refractivity contribution in [1.82, 2.24) is 14.9 Å². The fraction of sp³-hybridized carbons (Fsp3) is 0.348. The maximum atomic E-state index is 13.3. The number of hydrogen-bond acceptors (Lipinski definition) is 4. The third kappa shape index (κ3) is 5.27. The number of carbonyl (C=O) groups is 1. The van der Waals surface area contributed by atoms with E-state index in [1.54, 1.807) is 45.9 Å². The lowest BCUT2D eigenvalue weighted by Gasteiger charge is -2.20. The molecule has 0 aliphatic heterocycles. The zero-order chi connectivity index (χ0) is 23.7. The number of nitrogens with one attached hydrogen (secondary N) is 1. The van der Waals surface area contributed by atoms with Crippen LogP contribution in [-0.2, 0) is 17.3 Å². The van der Waals surface area contributed by atoms with Crippen LogP contribution in [0.25, 0.3) is 16.6 Å². The van der Waals surface area contributed by atoms with Gasteiger partial charge in [-0.3, -0.25) is 9.36 Å². The highest BCUT2D eigenvalue weighted by Gasteiger charge is 2.31. The van der Waals surface area contributed by atoms with Gasteiger partial charge in [-0.2, -0.15) is 13.2 Å². The van der Waals surface area contributed by atoms with Crippen LogP contribution in [0.15, 0.2) is 47.3 Å². The number of para-hydroxylation sites is 1. The first-order valence-corrected chi connectivity index (χ1v) is 10.0. The molecular weight excluding hydrogens is 423 g/mol. The van der Waals surface area contributed by atoms with E-state index in [0.29, 0.717) is 10.9 Å². The molecule has 0 bridgehead atoms. The molecule has 2 aromatic carbocycles. The second-order valence-corrected chi connectivity index (χ2v) is 8.37. The van der Waals surface area contributed by atoms with Crippen LogP contribution < -0.4 is 10.9 Å². The summed E-state index contributed by atoms with van der Waals surface area (Å²) in [5.41, 5.74) is -0.754. The fourth-order valence-electron chi connectivity index (χ4n) is 3.24. The number of carbonyl (C=O) groups excluding carboxylic acids is 1. The van der Waals surface area contributed by atoms with Crippen LogP contribution in [0.2, 0.25) is 0 Å². The quantitative estimate of drug-likeness (QED) is 0.625. The van der Waals surface area contributed by atoms with Crippen molar-refractivity contribution >= 4 is 17.0 Å². The monoisotopic (exact) mass is 447 g/mol. The molecule has 0 radical (unpaired) electrons. The number of alkyl halides is 3. The lowest BCUT2D eigenvalue weighted by Crippen LogP contribution is -2.34. The Balaban J connectivity index is 2.06. The molecule has 6 nitrogen and oxygen atoms in total. The summed E-state index contributed by atoms with van der Waals surface area (Å²) in [6, 6.07) is 9.60. The summed E-state index contributed by atoms with van der Waals surface area (Å²) in [6.45, 7) is 7.06. The van der Waals surface area contributed by atoms with Crippen molar-refractivity contribution in [3.05, 3.63) is 69.8 Å². The van der Waals surface area contributed by atoms with Gasteiger partial charge in [-0.25, -0.2) is 9.78 Å². The number of nitrogens with zero attached hydrogens (tertiary/aromatic N) is 2. The highest BCUT2D eigenvalue weighted by molar-refractivity contribution is 5.81.